The minimum absolute atomic E-state index is 0.0918. The van der Waals surface area contributed by atoms with Gasteiger partial charge in [-0.25, -0.2) is 9.97 Å². The molecule has 9 heteroatoms. The first-order valence-electron chi connectivity index (χ1n) is 13.4. The summed E-state index contributed by atoms with van der Waals surface area (Å²) in [6, 6.07) is 21.7. The number of hydrogen-bond donors (Lipinski definition) is 1. The number of fused-ring (bicyclic) bond motifs is 1. The summed E-state index contributed by atoms with van der Waals surface area (Å²) in [7, 11) is 3.50. The number of methoxy groups -OCH3 is 1. The van der Waals surface area contributed by atoms with E-state index in [4.69, 9.17) is 9.47 Å². The summed E-state index contributed by atoms with van der Waals surface area (Å²) in [5, 5.41) is 3.16. The molecule has 0 spiro atoms. The number of nitrogens with one attached hydrogen (secondary N) is 1. The zero-order chi connectivity index (χ0) is 27.7. The van der Waals surface area contributed by atoms with Crippen LogP contribution in [0, 0.1) is 0 Å². The highest BCUT2D eigenvalue weighted by Crippen LogP contribution is 2.26. The third-order valence-electron chi connectivity index (χ3n) is 6.94. The number of carbonyl (C=O) groups excluding carboxylic acids is 1. The largest absolute Gasteiger partial charge is 0.491 e. The summed E-state index contributed by atoms with van der Waals surface area (Å²) in [6.45, 7) is 3.23. The van der Waals surface area contributed by atoms with Crippen LogP contribution >= 0.6 is 0 Å². The second kappa shape index (κ2) is 13.1. The van der Waals surface area contributed by atoms with Gasteiger partial charge in [0.05, 0.1) is 17.4 Å². The first kappa shape index (κ1) is 27.2. The normalized spacial score (nSPS) is 16.8. The summed E-state index contributed by atoms with van der Waals surface area (Å²) in [6.07, 6.45) is 5.84. The van der Waals surface area contributed by atoms with Crippen molar-refractivity contribution in [3.8, 4) is 17.0 Å². The quantitative estimate of drug-likeness (QED) is 0.379. The maximum atomic E-state index is 13.5. The molecule has 0 radical (unpaired) electrons. The predicted octanol–water partition coefficient (Wildman–Crippen LogP) is 4.65. The van der Waals surface area contributed by atoms with Crippen LogP contribution in [0.5, 0.6) is 5.75 Å². The Morgan fingerprint density at radius 2 is 1.77 bits per heavy atom. The summed E-state index contributed by atoms with van der Waals surface area (Å²) >= 11 is 0. The highest BCUT2D eigenvalue weighted by Gasteiger charge is 2.23. The first-order chi connectivity index (χ1) is 19.6. The number of ether oxygens (including phenoxy) is 2. The van der Waals surface area contributed by atoms with Crippen molar-refractivity contribution < 1.29 is 14.3 Å². The van der Waals surface area contributed by atoms with E-state index in [-0.39, 0.29) is 12.0 Å². The molecule has 0 fully saturated rings. The van der Waals surface area contributed by atoms with Gasteiger partial charge in [-0.05, 0) is 48.4 Å². The lowest BCUT2D eigenvalue weighted by molar-refractivity contribution is 0.0435. The summed E-state index contributed by atoms with van der Waals surface area (Å²) in [4.78, 5) is 30.4. The molecule has 1 aliphatic rings. The van der Waals surface area contributed by atoms with Crippen LogP contribution in [-0.2, 0) is 11.3 Å². The first-order valence-corrected chi connectivity index (χ1v) is 13.4. The maximum absolute atomic E-state index is 13.5. The fourth-order valence-corrected chi connectivity index (χ4v) is 4.72. The summed E-state index contributed by atoms with van der Waals surface area (Å²) < 4.78 is 12.0. The number of likely N-dealkylation sites (N-methyl/N-ethyl adjacent to an activating group) is 1. The minimum Gasteiger partial charge on any atom is -0.491 e. The Morgan fingerprint density at radius 3 is 2.52 bits per heavy atom. The molecule has 4 aromatic rings. The lowest BCUT2D eigenvalue weighted by Crippen LogP contribution is -2.39. The van der Waals surface area contributed by atoms with Crippen LogP contribution in [0.2, 0.25) is 0 Å². The second-order valence-electron chi connectivity index (χ2n) is 9.78. The molecule has 1 unspecified atom stereocenters. The number of rotatable bonds is 6. The van der Waals surface area contributed by atoms with Gasteiger partial charge in [-0.2, -0.15) is 0 Å². The monoisotopic (exact) mass is 538 g/mol. The van der Waals surface area contributed by atoms with Gasteiger partial charge in [-0.1, -0.05) is 30.3 Å². The lowest BCUT2D eigenvalue weighted by atomic mass is 10.1. The molecule has 1 amide bonds. The Bertz CT molecular complexity index is 1390. The smallest absolute Gasteiger partial charge is 0.257 e. The lowest BCUT2D eigenvalue weighted by Gasteiger charge is -2.29. The number of anilines is 2. The van der Waals surface area contributed by atoms with E-state index in [1.54, 1.807) is 43.6 Å². The molecule has 0 saturated carbocycles. The van der Waals surface area contributed by atoms with Crippen molar-refractivity contribution in [3.05, 3.63) is 96.4 Å². The predicted molar refractivity (Wildman–Crippen MR) is 155 cm³/mol. The standard InChI is InChI=1S/C31H34N6O3/c1-36-22-26(39-2)13-17-37(21-23-7-9-24(10-8-23)28-6-3-4-14-32-28)18-19-40-29-12-11-25(20-27(29)30(36)38)35-31-33-15-5-16-34-31/h3-12,14-16,20,26H,13,17-19,21-22H2,1-2H3,(H,33,34,35). The topological polar surface area (TPSA) is 92.7 Å². The fourth-order valence-electron chi connectivity index (χ4n) is 4.72. The van der Waals surface area contributed by atoms with Crippen LogP contribution in [0.25, 0.3) is 11.3 Å². The van der Waals surface area contributed by atoms with E-state index in [9.17, 15) is 4.79 Å². The third-order valence-corrected chi connectivity index (χ3v) is 6.94. The molecule has 0 aliphatic carbocycles. The van der Waals surface area contributed by atoms with Crippen LogP contribution in [0.1, 0.15) is 22.3 Å². The Kier molecular flexibility index (Phi) is 8.95. The Morgan fingerprint density at radius 1 is 0.975 bits per heavy atom. The molecule has 40 heavy (non-hydrogen) atoms. The number of aromatic nitrogens is 3. The van der Waals surface area contributed by atoms with Crippen LogP contribution < -0.4 is 10.1 Å². The highest BCUT2D eigenvalue weighted by atomic mass is 16.5. The second-order valence-corrected chi connectivity index (χ2v) is 9.78. The van der Waals surface area contributed by atoms with E-state index < -0.39 is 0 Å². The SMILES string of the molecule is COC1CCN(Cc2ccc(-c3ccccn3)cc2)CCOc2ccc(Nc3ncccn3)cc2C(=O)N(C)C1. The van der Waals surface area contributed by atoms with Crippen LogP contribution in [0.4, 0.5) is 11.6 Å². The number of amides is 1. The summed E-state index contributed by atoms with van der Waals surface area (Å²) in [5.41, 5.74) is 4.46. The van der Waals surface area contributed by atoms with E-state index in [1.165, 1.54) is 5.56 Å². The van der Waals surface area contributed by atoms with Gasteiger partial charge in [-0.15, -0.1) is 0 Å². The van der Waals surface area contributed by atoms with Gasteiger partial charge < -0.3 is 19.7 Å². The van der Waals surface area contributed by atoms with Crippen LogP contribution in [0.15, 0.2) is 85.3 Å². The zero-order valence-corrected chi connectivity index (χ0v) is 22.9. The van der Waals surface area contributed by atoms with Gasteiger partial charge in [0.25, 0.3) is 5.91 Å². The van der Waals surface area contributed by atoms with Crippen LogP contribution in [-0.4, -0.2) is 77.2 Å². The zero-order valence-electron chi connectivity index (χ0n) is 22.9. The molecule has 1 N–H and O–H groups in total. The average Bonchev–Trinajstić information content (AvgIpc) is 3.00. The van der Waals surface area contributed by atoms with Crippen molar-refractivity contribution in [1.82, 2.24) is 24.8 Å². The highest BCUT2D eigenvalue weighted by molar-refractivity contribution is 5.98. The molecular formula is C31H34N6O3. The Hall–Kier alpha value is -4.34. The third kappa shape index (κ3) is 6.99. The van der Waals surface area contributed by atoms with E-state index in [0.29, 0.717) is 42.6 Å². The average molecular weight is 539 g/mol. The van der Waals surface area contributed by atoms with Crippen molar-refractivity contribution in [1.29, 1.82) is 0 Å². The molecule has 1 atom stereocenters. The number of hydrogen-bond acceptors (Lipinski definition) is 8. The Balaban J connectivity index is 1.33. The van der Waals surface area contributed by atoms with E-state index >= 15 is 0 Å². The number of pyridine rings is 1. The molecule has 5 rings (SSSR count). The van der Waals surface area contributed by atoms with E-state index in [0.717, 1.165) is 30.8 Å². The van der Waals surface area contributed by atoms with Gasteiger partial charge in [0, 0.05) is 70.2 Å². The number of benzene rings is 2. The fraction of sp³-hybridized carbons (Fsp3) is 0.290. The van der Waals surface area contributed by atoms with Crippen LogP contribution in [0.3, 0.4) is 0 Å². The minimum atomic E-state index is -0.125. The molecule has 1 aliphatic heterocycles. The van der Waals surface area contributed by atoms with E-state index in [2.05, 4.69) is 49.4 Å². The molecule has 3 heterocycles. The Labute approximate surface area is 234 Å². The maximum Gasteiger partial charge on any atom is 0.257 e. The van der Waals surface area contributed by atoms with Crippen molar-refractivity contribution in [2.45, 2.75) is 19.1 Å². The van der Waals surface area contributed by atoms with Crippen molar-refractivity contribution in [2.24, 2.45) is 0 Å². The molecule has 0 bridgehead atoms. The molecule has 0 saturated heterocycles. The number of nitrogens with zero attached hydrogens (tertiary/aromatic N) is 5. The summed E-state index contributed by atoms with van der Waals surface area (Å²) in [5.74, 6) is 0.881. The molecule has 206 valence electrons. The van der Waals surface area contributed by atoms with Gasteiger partial charge in [-0.3, -0.25) is 14.7 Å². The van der Waals surface area contributed by atoms with Crippen molar-refractivity contribution in [2.75, 3.05) is 45.7 Å². The van der Waals surface area contributed by atoms with Gasteiger partial charge in [0.15, 0.2) is 0 Å². The number of carbonyl (C=O) groups is 1. The van der Waals surface area contributed by atoms with Gasteiger partial charge in [0.2, 0.25) is 5.95 Å². The van der Waals surface area contributed by atoms with Gasteiger partial charge in [0.1, 0.15) is 12.4 Å². The van der Waals surface area contributed by atoms with Crippen molar-refractivity contribution >= 4 is 17.5 Å². The molecular weight excluding hydrogens is 504 g/mol. The van der Waals surface area contributed by atoms with Crippen molar-refractivity contribution in [3.63, 3.8) is 0 Å². The molecule has 2 aromatic heterocycles. The molecule has 2 aromatic carbocycles. The molecule has 9 nitrogen and oxygen atoms in total. The van der Waals surface area contributed by atoms with Gasteiger partial charge >= 0.3 is 0 Å². The van der Waals surface area contributed by atoms with E-state index in [1.807, 2.05) is 36.5 Å².